The smallest absolute Gasteiger partial charge is 0.195 e. The minimum Gasteiger partial charge on any atom is -0.349 e. The van der Waals surface area contributed by atoms with Crippen molar-refractivity contribution in [3.8, 4) is 5.69 Å². The number of aryl methyl sites for hydroxylation is 1. The fraction of sp³-hybridized carbons (Fsp3) is 0.375. The van der Waals surface area contributed by atoms with Crippen molar-refractivity contribution in [3.05, 3.63) is 47.8 Å². The van der Waals surface area contributed by atoms with Crippen LogP contribution in [0.25, 0.3) is 5.69 Å². The largest absolute Gasteiger partial charge is 0.349 e. The average Bonchev–Trinajstić information content (AvgIpc) is 2.81. The van der Waals surface area contributed by atoms with Crippen LogP contribution in [-0.2, 0) is 6.54 Å². The normalized spacial score (nSPS) is 10.3. The van der Waals surface area contributed by atoms with E-state index in [0.29, 0.717) is 6.54 Å². The Labute approximate surface area is 126 Å². The molecule has 2 aromatic rings. The molecule has 0 bridgehead atoms. The van der Waals surface area contributed by atoms with Gasteiger partial charge in [-0.3, -0.25) is 0 Å². The molecule has 21 heavy (non-hydrogen) atoms. The number of guanidine groups is 1. The average molecular weight is 285 g/mol. The lowest BCUT2D eigenvalue weighted by atomic mass is 10.2. The van der Waals surface area contributed by atoms with Gasteiger partial charge >= 0.3 is 0 Å². The summed E-state index contributed by atoms with van der Waals surface area (Å²) in [5, 5.41) is 4.57. The quantitative estimate of drug-likeness (QED) is 0.640. The van der Waals surface area contributed by atoms with Crippen LogP contribution in [-0.4, -0.2) is 53.7 Å². The highest BCUT2D eigenvalue weighted by molar-refractivity contribution is 5.79. The molecule has 0 aliphatic heterocycles. The van der Waals surface area contributed by atoms with Crippen LogP contribution < -0.4 is 0 Å². The van der Waals surface area contributed by atoms with E-state index in [-0.39, 0.29) is 0 Å². The van der Waals surface area contributed by atoms with Gasteiger partial charge in [-0.15, -0.1) is 0 Å². The van der Waals surface area contributed by atoms with E-state index in [2.05, 4.69) is 16.3 Å². The van der Waals surface area contributed by atoms with E-state index in [1.165, 1.54) is 0 Å². The molecule has 1 aromatic carbocycles. The maximum absolute atomic E-state index is 4.68. The van der Waals surface area contributed by atoms with Gasteiger partial charge in [0.05, 0.1) is 17.9 Å². The van der Waals surface area contributed by atoms with Crippen LogP contribution >= 0.6 is 0 Å². The first-order valence-corrected chi connectivity index (χ1v) is 6.98. The molecule has 0 N–H and O–H groups in total. The van der Waals surface area contributed by atoms with Crippen molar-refractivity contribution < 1.29 is 0 Å². The monoisotopic (exact) mass is 285 g/mol. The van der Waals surface area contributed by atoms with Gasteiger partial charge in [0.1, 0.15) is 0 Å². The Morgan fingerprint density at radius 2 is 1.71 bits per heavy atom. The Bertz CT molecular complexity index is 601. The number of para-hydroxylation sites is 1. The number of aliphatic imine (C=N–C) groups is 1. The molecule has 0 fully saturated rings. The van der Waals surface area contributed by atoms with Gasteiger partial charge in [0.25, 0.3) is 0 Å². The Morgan fingerprint density at radius 1 is 1.10 bits per heavy atom. The zero-order valence-corrected chi connectivity index (χ0v) is 13.4. The van der Waals surface area contributed by atoms with Crippen molar-refractivity contribution in [2.24, 2.45) is 4.99 Å². The van der Waals surface area contributed by atoms with E-state index in [4.69, 9.17) is 0 Å². The molecule has 0 saturated carbocycles. The second-order valence-electron chi connectivity index (χ2n) is 5.42. The topological polar surface area (TPSA) is 36.7 Å². The van der Waals surface area contributed by atoms with Gasteiger partial charge in [-0.05, 0) is 19.1 Å². The molecular formula is C16H23N5. The molecule has 112 valence electrons. The SMILES string of the molecule is Cc1nn(-c2ccccc2)cc1CN=C(N(C)C)N(C)C. The van der Waals surface area contributed by atoms with Gasteiger partial charge in [0.15, 0.2) is 5.96 Å². The van der Waals surface area contributed by atoms with E-state index in [0.717, 1.165) is 22.9 Å². The number of hydrogen-bond donors (Lipinski definition) is 0. The number of hydrogen-bond acceptors (Lipinski definition) is 2. The number of benzene rings is 1. The lowest BCUT2D eigenvalue weighted by molar-refractivity contribution is 0.479. The van der Waals surface area contributed by atoms with Crippen LogP contribution in [0.15, 0.2) is 41.5 Å². The van der Waals surface area contributed by atoms with Crippen LogP contribution in [0.2, 0.25) is 0 Å². The molecule has 0 aliphatic rings. The summed E-state index contributed by atoms with van der Waals surface area (Å²) in [5.41, 5.74) is 3.22. The first-order chi connectivity index (χ1) is 9.99. The molecule has 0 atom stereocenters. The maximum atomic E-state index is 4.68. The second kappa shape index (κ2) is 6.43. The lowest BCUT2D eigenvalue weighted by Crippen LogP contribution is -2.35. The van der Waals surface area contributed by atoms with Gasteiger partial charge in [0.2, 0.25) is 0 Å². The summed E-state index contributed by atoms with van der Waals surface area (Å²) >= 11 is 0. The van der Waals surface area contributed by atoms with Crippen LogP contribution in [0.5, 0.6) is 0 Å². The van der Waals surface area contributed by atoms with Gasteiger partial charge in [-0.25, -0.2) is 9.67 Å². The third-order valence-corrected chi connectivity index (χ3v) is 3.21. The zero-order valence-electron chi connectivity index (χ0n) is 13.4. The summed E-state index contributed by atoms with van der Waals surface area (Å²) in [4.78, 5) is 8.70. The van der Waals surface area contributed by atoms with Crippen molar-refractivity contribution in [3.63, 3.8) is 0 Å². The van der Waals surface area contributed by atoms with Crippen LogP contribution in [0, 0.1) is 6.92 Å². The van der Waals surface area contributed by atoms with Gasteiger partial charge in [0, 0.05) is 40.0 Å². The predicted octanol–water partition coefficient (Wildman–Crippen LogP) is 2.16. The van der Waals surface area contributed by atoms with Crippen LogP contribution in [0.1, 0.15) is 11.3 Å². The number of nitrogens with zero attached hydrogens (tertiary/aromatic N) is 5. The second-order valence-corrected chi connectivity index (χ2v) is 5.42. The van der Waals surface area contributed by atoms with Crippen molar-refractivity contribution in [1.29, 1.82) is 0 Å². The summed E-state index contributed by atoms with van der Waals surface area (Å²) in [6, 6.07) is 10.1. The van der Waals surface area contributed by atoms with Crippen molar-refractivity contribution >= 4 is 5.96 Å². The molecule has 1 heterocycles. The van der Waals surface area contributed by atoms with Gasteiger partial charge in [-0.2, -0.15) is 5.10 Å². The highest BCUT2D eigenvalue weighted by Gasteiger charge is 2.08. The summed E-state index contributed by atoms with van der Waals surface area (Å²) in [6.45, 7) is 2.65. The van der Waals surface area contributed by atoms with E-state index < -0.39 is 0 Å². The van der Waals surface area contributed by atoms with E-state index in [1.807, 2.05) is 79.9 Å². The molecule has 5 heteroatoms. The molecule has 0 unspecified atom stereocenters. The van der Waals surface area contributed by atoms with E-state index in [1.54, 1.807) is 0 Å². The summed E-state index contributed by atoms with van der Waals surface area (Å²) in [5.74, 6) is 0.946. The van der Waals surface area contributed by atoms with Crippen molar-refractivity contribution in [1.82, 2.24) is 19.6 Å². The number of rotatable bonds is 3. The molecule has 0 amide bonds. The Kier molecular flexibility index (Phi) is 4.62. The Balaban J connectivity index is 2.22. The summed E-state index contributed by atoms with van der Waals surface area (Å²) in [6.07, 6.45) is 2.05. The standard InChI is InChI=1S/C16H23N5/c1-13-14(11-17-16(19(2)3)20(4)5)12-21(18-13)15-9-7-6-8-10-15/h6-10,12H,11H2,1-5H3. The Morgan fingerprint density at radius 3 is 2.29 bits per heavy atom. The highest BCUT2D eigenvalue weighted by atomic mass is 15.3. The highest BCUT2D eigenvalue weighted by Crippen LogP contribution is 2.13. The molecule has 0 spiro atoms. The van der Waals surface area contributed by atoms with Gasteiger partial charge < -0.3 is 9.80 Å². The molecule has 2 rings (SSSR count). The fourth-order valence-corrected chi connectivity index (χ4v) is 2.20. The molecular weight excluding hydrogens is 262 g/mol. The first kappa shape index (κ1) is 15.1. The van der Waals surface area contributed by atoms with E-state index in [9.17, 15) is 0 Å². The summed E-state index contributed by atoms with van der Waals surface area (Å²) < 4.78 is 1.91. The molecule has 0 aliphatic carbocycles. The molecule has 5 nitrogen and oxygen atoms in total. The number of aromatic nitrogens is 2. The van der Waals surface area contributed by atoms with Crippen LogP contribution in [0.4, 0.5) is 0 Å². The molecule has 0 radical (unpaired) electrons. The minimum atomic E-state index is 0.629. The zero-order chi connectivity index (χ0) is 15.4. The van der Waals surface area contributed by atoms with Crippen LogP contribution in [0.3, 0.4) is 0 Å². The third kappa shape index (κ3) is 3.62. The molecule has 1 aromatic heterocycles. The summed E-state index contributed by atoms with van der Waals surface area (Å²) in [7, 11) is 8.00. The Hall–Kier alpha value is -2.30. The van der Waals surface area contributed by atoms with Crippen molar-refractivity contribution in [2.75, 3.05) is 28.2 Å². The minimum absolute atomic E-state index is 0.629. The first-order valence-electron chi connectivity index (χ1n) is 6.98. The fourth-order valence-electron chi connectivity index (χ4n) is 2.20. The van der Waals surface area contributed by atoms with E-state index >= 15 is 0 Å². The maximum Gasteiger partial charge on any atom is 0.195 e. The van der Waals surface area contributed by atoms with Gasteiger partial charge in [-0.1, -0.05) is 18.2 Å². The lowest BCUT2D eigenvalue weighted by Gasteiger charge is -2.22. The third-order valence-electron chi connectivity index (χ3n) is 3.21. The predicted molar refractivity (Wildman–Crippen MR) is 86.8 cm³/mol. The van der Waals surface area contributed by atoms with Crippen molar-refractivity contribution in [2.45, 2.75) is 13.5 Å². The molecule has 0 saturated heterocycles.